The number of hydrogen-bond acceptors (Lipinski definition) is 4. The molecule has 0 aliphatic rings. The molecule has 1 rings (SSSR count). The number of rotatable bonds is 3. The second-order valence-corrected chi connectivity index (χ2v) is 3.12. The first kappa shape index (κ1) is 10.1. The van der Waals surface area contributed by atoms with Crippen molar-refractivity contribution >= 4 is 17.7 Å². The monoisotopic (exact) mass is 201 g/mol. The Balaban J connectivity index is 2.77. The second-order valence-electron chi connectivity index (χ2n) is 2.31. The molecule has 0 bridgehead atoms. The standard InChI is InChI=1S/C8H11NO3S/c1-9(11-2)8(10)6-4-5-7(12-6)13-3/h4-5H,1-3H3. The van der Waals surface area contributed by atoms with E-state index in [1.165, 1.54) is 25.9 Å². The fourth-order valence-corrected chi connectivity index (χ4v) is 1.16. The largest absolute Gasteiger partial charge is 0.445 e. The van der Waals surface area contributed by atoms with Crippen molar-refractivity contribution in [3.05, 3.63) is 17.9 Å². The molecule has 0 N–H and O–H groups in total. The van der Waals surface area contributed by atoms with Gasteiger partial charge in [-0.3, -0.25) is 9.63 Å². The van der Waals surface area contributed by atoms with Crippen LogP contribution in [0.2, 0.25) is 0 Å². The predicted molar refractivity (Wildman–Crippen MR) is 49.6 cm³/mol. The van der Waals surface area contributed by atoms with Gasteiger partial charge in [-0.25, -0.2) is 5.06 Å². The van der Waals surface area contributed by atoms with Crippen molar-refractivity contribution in [2.24, 2.45) is 0 Å². The molecule has 1 heterocycles. The van der Waals surface area contributed by atoms with Crippen molar-refractivity contribution in [1.82, 2.24) is 5.06 Å². The summed E-state index contributed by atoms with van der Waals surface area (Å²) in [6.07, 6.45) is 1.88. The normalized spacial score (nSPS) is 10.1. The second kappa shape index (κ2) is 4.34. The Hall–Kier alpha value is -0.940. The molecule has 1 aromatic heterocycles. The molecule has 0 fully saturated rings. The molecule has 1 aromatic rings. The Labute approximate surface area is 80.8 Å². The van der Waals surface area contributed by atoms with E-state index in [2.05, 4.69) is 0 Å². The van der Waals surface area contributed by atoms with Crippen LogP contribution in [0, 0.1) is 0 Å². The molecule has 0 aliphatic heterocycles. The number of hydroxylamine groups is 2. The molecule has 1 amide bonds. The van der Waals surface area contributed by atoms with E-state index in [0.717, 1.165) is 5.06 Å². The summed E-state index contributed by atoms with van der Waals surface area (Å²) in [6.45, 7) is 0. The maximum Gasteiger partial charge on any atom is 0.312 e. The third-order valence-electron chi connectivity index (χ3n) is 1.55. The summed E-state index contributed by atoms with van der Waals surface area (Å²) in [4.78, 5) is 16.1. The highest BCUT2D eigenvalue weighted by Gasteiger charge is 2.15. The zero-order chi connectivity index (χ0) is 9.84. The molecule has 0 radical (unpaired) electrons. The van der Waals surface area contributed by atoms with E-state index in [1.807, 2.05) is 6.26 Å². The molecule has 0 unspecified atom stereocenters. The lowest BCUT2D eigenvalue weighted by Crippen LogP contribution is -2.24. The van der Waals surface area contributed by atoms with Gasteiger partial charge in [-0.05, 0) is 18.4 Å². The summed E-state index contributed by atoms with van der Waals surface area (Å²) in [5.74, 6) is -0.00324. The van der Waals surface area contributed by atoms with Gasteiger partial charge in [0.25, 0.3) is 0 Å². The number of furan rings is 1. The number of thioether (sulfide) groups is 1. The number of amides is 1. The highest BCUT2D eigenvalue weighted by Crippen LogP contribution is 2.18. The summed E-state index contributed by atoms with van der Waals surface area (Å²) >= 11 is 1.45. The van der Waals surface area contributed by atoms with Crippen molar-refractivity contribution in [3.8, 4) is 0 Å². The van der Waals surface area contributed by atoms with Gasteiger partial charge < -0.3 is 4.42 Å². The van der Waals surface area contributed by atoms with Crippen LogP contribution in [-0.2, 0) is 4.84 Å². The van der Waals surface area contributed by atoms with Crippen LogP contribution >= 0.6 is 11.8 Å². The van der Waals surface area contributed by atoms with Gasteiger partial charge in [0, 0.05) is 7.05 Å². The third-order valence-corrected chi connectivity index (χ3v) is 2.17. The summed E-state index contributed by atoms with van der Waals surface area (Å²) < 4.78 is 5.21. The van der Waals surface area contributed by atoms with Crippen LogP contribution in [-0.4, -0.2) is 31.4 Å². The predicted octanol–water partition coefficient (Wildman–Crippen LogP) is 1.63. The van der Waals surface area contributed by atoms with E-state index < -0.39 is 0 Å². The summed E-state index contributed by atoms with van der Waals surface area (Å²) in [6, 6.07) is 3.38. The minimum atomic E-state index is -0.289. The quantitative estimate of drug-likeness (QED) is 0.550. The Morgan fingerprint density at radius 1 is 1.62 bits per heavy atom. The number of carbonyl (C=O) groups is 1. The molecule has 4 nitrogen and oxygen atoms in total. The Morgan fingerprint density at radius 2 is 2.31 bits per heavy atom. The molecular weight excluding hydrogens is 190 g/mol. The average Bonchev–Trinajstić information content (AvgIpc) is 2.63. The summed E-state index contributed by atoms with van der Waals surface area (Å²) in [7, 11) is 2.96. The molecule has 0 aromatic carbocycles. The van der Waals surface area contributed by atoms with Crippen LogP contribution in [0.3, 0.4) is 0 Å². The van der Waals surface area contributed by atoms with Crippen LogP contribution in [0.4, 0.5) is 0 Å². The van der Waals surface area contributed by atoms with Gasteiger partial charge in [-0.1, -0.05) is 11.8 Å². The Bertz CT molecular complexity index is 297. The fraction of sp³-hybridized carbons (Fsp3) is 0.375. The summed E-state index contributed by atoms with van der Waals surface area (Å²) in [5, 5.41) is 1.83. The van der Waals surface area contributed by atoms with E-state index >= 15 is 0 Å². The van der Waals surface area contributed by atoms with Gasteiger partial charge >= 0.3 is 5.91 Å². The van der Waals surface area contributed by atoms with Gasteiger partial charge in [-0.2, -0.15) is 0 Å². The zero-order valence-electron chi connectivity index (χ0n) is 7.73. The summed E-state index contributed by atoms with van der Waals surface area (Å²) in [5.41, 5.74) is 0. The van der Waals surface area contributed by atoms with E-state index in [4.69, 9.17) is 9.25 Å². The minimum Gasteiger partial charge on any atom is -0.445 e. The van der Waals surface area contributed by atoms with E-state index in [9.17, 15) is 4.79 Å². The third kappa shape index (κ3) is 2.26. The van der Waals surface area contributed by atoms with Crippen molar-refractivity contribution in [1.29, 1.82) is 0 Å². The van der Waals surface area contributed by atoms with Gasteiger partial charge in [-0.15, -0.1) is 0 Å². The molecule has 0 atom stereocenters. The lowest BCUT2D eigenvalue weighted by atomic mass is 10.4. The maximum atomic E-state index is 11.4. The minimum absolute atomic E-state index is 0.286. The molecule has 72 valence electrons. The van der Waals surface area contributed by atoms with Gasteiger partial charge in [0.1, 0.15) is 0 Å². The first-order valence-electron chi connectivity index (χ1n) is 3.65. The first-order chi connectivity index (χ1) is 6.19. The molecule has 0 spiro atoms. The van der Waals surface area contributed by atoms with Crippen LogP contribution in [0.1, 0.15) is 10.6 Å². The molecular formula is C8H11NO3S. The van der Waals surface area contributed by atoms with E-state index in [0.29, 0.717) is 5.09 Å². The molecule has 5 heteroatoms. The van der Waals surface area contributed by atoms with Gasteiger partial charge in [0.15, 0.2) is 10.9 Å². The zero-order valence-corrected chi connectivity index (χ0v) is 8.55. The van der Waals surface area contributed by atoms with Crippen molar-refractivity contribution in [2.75, 3.05) is 20.4 Å². The number of hydrogen-bond donors (Lipinski definition) is 0. The Morgan fingerprint density at radius 3 is 2.77 bits per heavy atom. The SMILES string of the molecule is CON(C)C(=O)c1ccc(SC)o1. The lowest BCUT2D eigenvalue weighted by Gasteiger charge is -2.10. The maximum absolute atomic E-state index is 11.4. The van der Waals surface area contributed by atoms with Crippen molar-refractivity contribution < 1.29 is 14.0 Å². The molecule has 0 saturated heterocycles. The van der Waals surface area contributed by atoms with Gasteiger partial charge in [0.05, 0.1) is 7.11 Å². The lowest BCUT2D eigenvalue weighted by molar-refractivity contribution is -0.0775. The smallest absolute Gasteiger partial charge is 0.312 e. The van der Waals surface area contributed by atoms with E-state index in [1.54, 1.807) is 12.1 Å². The Kier molecular flexibility index (Phi) is 3.39. The van der Waals surface area contributed by atoms with Crippen LogP contribution in [0.25, 0.3) is 0 Å². The highest BCUT2D eigenvalue weighted by atomic mass is 32.2. The topological polar surface area (TPSA) is 42.7 Å². The average molecular weight is 201 g/mol. The number of carbonyl (C=O) groups excluding carboxylic acids is 1. The van der Waals surface area contributed by atoms with Crippen LogP contribution < -0.4 is 0 Å². The number of nitrogens with zero attached hydrogens (tertiary/aromatic N) is 1. The molecule has 13 heavy (non-hydrogen) atoms. The molecule has 0 aliphatic carbocycles. The van der Waals surface area contributed by atoms with Crippen molar-refractivity contribution in [2.45, 2.75) is 5.09 Å². The molecule has 0 saturated carbocycles. The van der Waals surface area contributed by atoms with Crippen molar-refractivity contribution in [3.63, 3.8) is 0 Å². The first-order valence-corrected chi connectivity index (χ1v) is 4.87. The van der Waals surface area contributed by atoms with E-state index in [-0.39, 0.29) is 11.7 Å². The highest BCUT2D eigenvalue weighted by molar-refractivity contribution is 7.98. The van der Waals surface area contributed by atoms with Crippen LogP contribution in [0.5, 0.6) is 0 Å². The van der Waals surface area contributed by atoms with Gasteiger partial charge in [0.2, 0.25) is 0 Å². The fourth-order valence-electron chi connectivity index (χ4n) is 0.783. The van der Waals surface area contributed by atoms with Crippen LogP contribution in [0.15, 0.2) is 21.6 Å².